The van der Waals surface area contributed by atoms with E-state index in [1.165, 1.54) is 12.8 Å². The number of rotatable bonds is 7. The minimum atomic E-state index is -0.00743. The standard InChI is InChI=1S/C26H31ClN4O2S/c27-22-5-3-19(4-6-22)18-31-23(17-21-9-16-34-26(21)31)25(33)30-13-7-20(8-14-30)24(32)28-10-15-29-11-1-2-12-29/h3-6,9,16-17,20H,1-2,7-8,10-15,18H2,(H,28,32). The normalized spacial score (nSPS) is 17.5. The Kier molecular flexibility index (Phi) is 7.23. The van der Waals surface area contributed by atoms with Gasteiger partial charge < -0.3 is 19.7 Å². The molecule has 0 bridgehead atoms. The van der Waals surface area contributed by atoms with Gasteiger partial charge in [-0.3, -0.25) is 9.59 Å². The van der Waals surface area contributed by atoms with Crippen LogP contribution in [0.4, 0.5) is 0 Å². The molecule has 2 aliphatic heterocycles. The van der Waals surface area contributed by atoms with Gasteiger partial charge in [-0.1, -0.05) is 23.7 Å². The highest BCUT2D eigenvalue weighted by Crippen LogP contribution is 2.28. The average molecular weight is 499 g/mol. The average Bonchev–Trinajstić information content (AvgIpc) is 3.59. The van der Waals surface area contributed by atoms with Crippen molar-refractivity contribution in [2.45, 2.75) is 32.2 Å². The van der Waals surface area contributed by atoms with Crippen LogP contribution in [0.3, 0.4) is 0 Å². The predicted octanol–water partition coefficient (Wildman–Crippen LogP) is 4.47. The molecule has 4 heterocycles. The number of carbonyl (C=O) groups excluding carboxylic acids is 2. The lowest BCUT2D eigenvalue weighted by Gasteiger charge is -2.31. The van der Waals surface area contributed by atoms with Gasteiger partial charge in [0.05, 0.1) is 0 Å². The Bertz CT molecular complexity index is 1140. The Balaban J connectivity index is 1.20. The molecule has 0 atom stereocenters. The van der Waals surface area contributed by atoms with Crippen molar-refractivity contribution in [3.8, 4) is 0 Å². The van der Waals surface area contributed by atoms with Crippen LogP contribution in [0.1, 0.15) is 41.7 Å². The highest BCUT2D eigenvalue weighted by atomic mass is 35.5. The van der Waals surface area contributed by atoms with E-state index in [1.54, 1.807) is 11.3 Å². The number of carbonyl (C=O) groups is 2. The van der Waals surface area contributed by atoms with Crippen molar-refractivity contribution in [3.05, 3.63) is 58.1 Å². The third-order valence-electron chi connectivity index (χ3n) is 7.05. The monoisotopic (exact) mass is 498 g/mol. The highest BCUT2D eigenvalue weighted by molar-refractivity contribution is 7.16. The lowest BCUT2D eigenvalue weighted by Crippen LogP contribution is -2.44. The van der Waals surface area contributed by atoms with Crippen LogP contribution in [0.25, 0.3) is 10.2 Å². The van der Waals surface area contributed by atoms with Gasteiger partial charge in [-0.25, -0.2) is 0 Å². The van der Waals surface area contributed by atoms with E-state index >= 15 is 0 Å². The number of likely N-dealkylation sites (tertiary alicyclic amines) is 2. The fourth-order valence-electron chi connectivity index (χ4n) is 5.08. The first-order valence-corrected chi connectivity index (χ1v) is 13.4. The van der Waals surface area contributed by atoms with Crippen LogP contribution < -0.4 is 5.32 Å². The summed E-state index contributed by atoms with van der Waals surface area (Å²) in [6, 6.07) is 11.8. The van der Waals surface area contributed by atoms with E-state index in [2.05, 4.69) is 26.2 Å². The molecule has 2 amide bonds. The number of amides is 2. The first-order valence-electron chi connectivity index (χ1n) is 12.2. The van der Waals surface area contributed by atoms with Crippen molar-refractivity contribution in [2.24, 2.45) is 5.92 Å². The fourth-order valence-corrected chi connectivity index (χ4v) is 6.10. The molecule has 5 rings (SSSR count). The zero-order chi connectivity index (χ0) is 23.5. The Morgan fingerprint density at radius 2 is 1.76 bits per heavy atom. The summed E-state index contributed by atoms with van der Waals surface area (Å²) in [4.78, 5) is 31.6. The number of benzene rings is 1. The number of halogens is 1. The minimum Gasteiger partial charge on any atom is -0.355 e. The summed E-state index contributed by atoms with van der Waals surface area (Å²) in [5.74, 6) is 0.176. The topological polar surface area (TPSA) is 57.6 Å². The third-order valence-corrected chi connectivity index (χ3v) is 8.26. The van der Waals surface area contributed by atoms with Crippen LogP contribution in [0, 0.1) is 5.92 Å². The molecule has 0 unspecified atom stereocenters. The molecule has 2 aromatic heterocycles. The van der Waals surface area contributed by atoms with Crippen LogP contribution in [-0.4, -0.2) is 65.4 Å². The van der Waals surface area contributed by atoms with Gasteiger partial charge in [-0.2, -0.15) is 0 Å². The van der Waals surface area contributed by atoms with Gasteiger partial charge in [0.1, 0.15) is 10.5 Å². The van der Waals surface area contributed by atoms with E-state index in [0.29, 0.717) is 49.7 Å². The van der Waals surface area contributed by atoms with E-state index in [9.17, 15) is 9.59 Å². The molecule has 1 aromatic carbocycles. The maximum absolute atomic E-state index is 13.5. The summed E-state index contributed by atoms with van der Waals surface area (Å²) in [5.41, 5.74) is 1.82. The molecule has 0 aliphatic carbocycles. The minimum absolute atomic E-state index is 0.00743. The Morgan fingerprint density at radius 1 is 1.03 bits per heavy atom. The number of hydrogen-bond donors (Lipinski definition) is 1. The lowest BCUT2D eigenvalue weighted by atomic mass is 9.95. The summed E-state index contributed by atoms with van der Waals surface area (Å²) >= 11 is 7.70. The van der Waals surface area contributed by atoms with E-state index in [-0.39, 0.29) is 17.7 Å². The van der Waals surface area contributed by atoms with Gasteiger partial charge in [0.2, 0.25) is 5.91 Å². The van der Waals surface area contributed by atoms with Crippen molar-refractivity contribution in [1.82, 2.24) is 19.7 Å². The smallest absolute Gasteiger partial charge is 0.270 e. The van der Waals surface area contributed by atoms with Gasteiger partial charge in [0, 0.05) is 49.1 Å². The van der Waals surface area contributed by atoms with Crippen LogP contribution in [0.5, 0.6) is 0 Å². The molecular weight excluding hydrogens is 468 g/mol. The molecule has 0 radical (unpaired) electrons. The zero-order valence-corrected chi connectivity index (χ0v) is 20.9. The Labute approximate surface area is 209 Å². The second kappa shape index (κ2) is 10.5. The number of piperidine rings is 1. The summed E-state index contributed by atoms with van der Waals surface area (Å²) < 4.78 is 2.11. The van der Waals surface area contributed by atoms with Crippen molar-refractivity contribution in [2.75, 3.05) is 39.3 Å². The number of thiophene rings is 1. The van der Waals surface area contributed by atoms with E-state index in [1.807, 2.05) is 35.2 Å². The fraction of sp³-hybridized carbons (Fsp3) is 0.462. The van der Waals surface area contributed by atoms with Gasteiger partial charge in [-0.05, 0) is 74.0 Å². The molecule has 180 valence electrons. The second-order valence-corrected chi connectivity index (χ2v) is 10.7. The number of nitrogens with zero attached hydrogens (tertiary/aromatic N) is 3. The van der Waals surface area contributed by atoms with E-state index < -0.39 is 0 Å². The maximum Gasteiger partial charge on any atom is 0.270 e. The number of hydrogen-bond acceptors (Lipinski definition) is 4. The summed E-state index contributed by atoms with van der Waals surface area (Å²) in [6.07, 6.45) is 3.96. The molecule has 2 aliphatic rings. The molecular formula is C26H31ClN4O2S. The van der Waals surface area contributed by atoms with Crippen molar-refractivity contribution >= 4 is 45.0 Å². The molecule has 34 heavy (non-hydrogen) atoms. The maximum atomic E-state index is 13.5. The van der Waals surface area contributed by atoms with Crippen LogP contribution in [0.15, 0.2) is 41.8 Å². The summed E-state index contributed by atoms with van der Waals surface area (Å²) in [6.45, 7) is 5.79. The van der Waals surface area contributed by atoms with Crippen molar-refractivity contribution in [3.63, 3.8) is 0 Å². The quantitative estimate of drug-likeness (QED) is 0.523. The van der Waals surface area contributed by atoms with Crippen LogP contribution in [0.2, 0.25) is 5.02 Å². The molecule has 8 heteroatoms. The largest absolute Gasteiger partial charge is 0.355 e. The molecule has 1 N–H and O–H groups in total. The summed E-state index contributed by atoms with van der Waals surface area (Å²) in [5, 5.41) is 6.97. The molecule has 6 nitrogen and oxygen atoms in total. The van der Waals surface area contributed by atoms with Crippen LogP contribution >= 0.6 is 22.9 Å². The van der Waals surface area contributed by atoms with Crippen molar-refractivity contribution < 1.29 is 9.59 Å². The zero-order valence-electron chi connectivity index (χ0n) is 19.3. The Morgan fingerprint density at radius 3 is 2.50 bits per heavy atom. The number of nitrogens with one attached hydrogen (secondary N) is 1. The summed E-state index contributed by atoms with van der Waals surface area (Å²) in [7, 11) is 0. The molecule has 3 aromatic rings. The van der Waals surface area contributed by atoms with E-state index in [0.717, 1.165) is 35.4 Å². The number of aromatic nitrogens is 1. The second-order valence-electron chi connectivity index (χ2n) is 9.33. The molecule has 2 fully saturated rings. The van der Waals surface area contributed by atoms with E-state index in [4.69, 9.17) is 11.6 Å². The molecule has 0 spiro atoms. The lowest BCUT2D eigenvalue weighted by molar-refractivity contribution is -0.126. The van der Waals surface area contributed by atoms with Gasteiger partial charge in [0.25, 0.3) is 5.91 Å². The predicted molar refractivity (Wildman–Crippen MR) is 138 cm³/mol. The molecule has 0 saturated carbocycles. The van der Waals surface area contributed by atoms with Crippen LogP contribution in [-0.2, 0) is 11.3 Å². The third kappa shape index (κ3) is 5.16. The van der Waals surface area contributed by atoms with Gasteiger partial charge in [0.15, 0.2) is 0 Å². The molecule has 2 saturated heterocycles. The SMILES string of the molecule is O=C(NCCN1CCCC1)C1CCN(C(=O)c2cc3ccsc3n2Cc2ccc(Cl)cc2)CC1. The highest BCUT2D eigenvalue weighted by Gasteiger charge is 2.29. The van der Waals surface area contributed by atoms with Gasteiger partial charge >= 0.3 is 0 Å². The first-order chi connectivity index (χ1) is 16.6. The van der Waals surface area contributed by atoms with Crippen molar-refractivity contribution in [1.29, 1.82) is 0 Å². The Hall–Kier alpha value is -2.35. The first kappa shape index (κ1) is 23.4. The number of fused-ring (bicyclic) bond motifs is 1. The van der Waals surface area contributed by atoms with Gasteiger partial charge in [-0.15, -0.1) is 11.3 Å².